The molecular formula is C21H38O4. The summed E-state index contributed by atoms with van der Waals surface area (Å²) in [6.07, 6.45) is 17.7. The van der Waals surface area contributed by atoms with Crippen molar-refractivity contribution in [1.29, 1.82) is 0 Å². The van der Waals surface area contributed by atoms with Gasteiger partial charge in [-0.05, 0) is 45.4 Å². The molecule has 0 bridgehead atoms. The monoisotopic (exact) mass is 354 g/mol. The van der Waals surface area contributed by atoms with E-state index in [4.69, 9.17) is 4.74 Å². The van der Waals surface area contributed by atoms with Crippen LogP contribution in [0.5, 0.6) is 0 Å². The molecule has 0 heterocycles. The van der Waals surface area contributed by atoms with Crippen LogP contribution in [0.25, 0.3) is 0 Å². The van der Waals surface area contributed by atoms with Crippen molar-refractivity contribution in [2.75, 3.05) is 6.61 Å². The highest BCUT2D eigenvalue weighted by Gasteiger charge is 2.18. The first-order valence-corrected chi connectivity index (χ1v) is 10.1. The van der Waals surface area contributed by atoms with E-state index < -0.39 is 11.9 Å². The highest BCUT2D eigenvalue weighted by molar-refractivity contribution is 5.73. The summed E-state index contributed by atoms with van der Waals surface area (Å²) in [6, 6.07) is 0. The SMILES string of the molecule is CCCCCCCCC=CCCCCC(CCC(=O)OCC)C(=O)O. The fourth-order valence-electron chi connectivity index (χ4n) is 2.85. The molecule has 1 atom stereocenters. The molecule has 0 radical (unpaired) electrons. The van der Waals surface area contributed by atoms with Crippen molar-refractivity contribution in [1.82, 2.24) is 0 Å². The summed E-state index contributed by atoms with van der Waals surface area (Å²) in [5.74, 6) is -1.54. The molecule has 146 valence electrons. The summed E-state index contributed by atoms with van der Waals surface area (Å²) in [7, 11) is 0. The van der Waals surface area contributed by atoms with Crippen LogP contribution in [0.1, 0.15) is 97.3 Å². The van der Waals surface area contributed by atoms with Crippen LogP contribution in [0.3, 0.4) is 0 Å². The van der Waals surface area contributed by atoms with Crippen molar-refractivity contribution < 1.29 is 19.4 Å². The van der Waals surface area contributed by atoms with Crippen molar-refractivity contribution in [2.45, 2.75) is 97.3 Å². The number of aliphatic carboxylic acids is 1. The van der Waals surface area contributed by atoms with Gasteiger partial charge in [-0.15, -0.1) is 0 Å². The van der Waals surface area contributed by atoms with E-state index in [1.807, 2.05) is 0 Å². The number of rotatable bonds is 17. The van der Waals surface area contributed by atoms with Crippen molar-refractivity contribution in [2.24, 2.45) is 5.92 Å². The molecule has 25 heavy (non-hydrogen) atoms. The Kier molecular flexibility index (Phi) is 16.6. The third-order valence-electron chi connectivity index (χ3n) is 4.42. The number of hydrogen-bond acceptors (Lipinski definition) is 3. The normalized spacial score (nSPS) is 12.4. The van der Waals surface area contributed by atoms with E-state index in [2.05, 4.69) is 19.1 Å². The molecule has 0 aromatic heterocycles. The van der Waals surface area contributed by atoms with Crippen LogP contribution in [0.2, 0.25) is 0 Å². The quantitative estimate of drug-likeness (QED) is 0.201. The molecule has 4 heteroatoms. The number of ether oxygens (including phenoxy) is 1. The molecule has 0 amide bonds. The fraction of sp³-hybridized carbons (Fsp3) is 0.810. The first-order chi connectivity index (χ1) is 12.1. The van der Waals surface area contributed by atoms with Gasteiger partial charge in [0, 0.05) is 6.42 Å². The van der Waals surface area contributed by atoms with Gasteiger partial charge in [0.15, 0.2) is 0 Å². The van der Waals surface area contributed by atoms with E-state index >= 15 is 0 Å². The van der Waals surface area contributed by atoms with Gasteiger partial charge in [0.1, 0.15) is 0 Å². The van der Waals surface area contributed by atoms with E-state index in [-0.39, 0.29) is 12.4 Å². The van der Waals surface area contributed by atoms with Crippen LogP contribution in [0, 0.1) is 5.92 Å². The summed E-state index contributed by atoms with van der Waals surface area (Å²) in [5.41, 5.74) is 0. The minimum atomic E-state index is -0.803. The van der Waals surface area contributed by atoms with Gasteiger partial charge < -0.3 is 9.84 Å². The predicted octanol–water partition coefficient (Wildman–Crippen LogP) is 5.90. The van der Waals surface area contributed by atoms with Crippen LogP contribution in [0.15, 0.2) is 12.2 Å². The summed E-state index contributed by atoms with van der Waals surface area (Å²) in [5, 5.41) is 9.23. The average Bonchev–Trinajstić information content (AvgIpc) is 2.58. The Labute approximate surface area is 154 Å². The van der Waals surface area contributed by atoms with Gasteiger partial charge >= 0.3 is 11.9 Å². The maximum atomic E-state index is 11.3. The van der Waals surface area contributed by atoms with Crippen molar-refractivity contribution in [3.8, 4) is 0 Å². The van der Waals surface area contributed by atoms with Crippen LogP contribution in [0.4, 0.5) is 0 Å². The first kappa shape index (κ1) is 23.7. The first-order valence-electron chi connectivity index (χ1n) is 10.1. The zero-order valence-corrected chi connectivity index (χ0v) is 16.3. The summed E-state index contributed by atoms with van der Waals surface area (Å²) >= 11 is 0. The molecule has 1 unspecified atom stereocenters. The molecule has 0 aliphatic rings. The maximum absolute atomic E-state index is 11.3. The molecule has 0 fully saturated rings. The Morgan fingerprint density at radius 2 is 1.48 bits per heavy atom. The average molecular weight is 355 g/mol. The van der Waals surface area contributed by atoms with E-state index in [0.29, 0.717) is 19.4 Å². The molecule has 0 saturated heterocycles. The van der Waals surface area contributed by atoms with Crippen molar-refractivity contribution in [3.63, 3.8) is 0 Å². The Hall–Kier alpha value is -1.32. The fourth-order valence-corrected chi connectivity index (χ4v) is 2.85. The minimum Gasteiger partial charge on any atom is -0.481 e. The predicted molar refractivity (Wildman–Crippen MR) is 103 cm³/mol. The van der Waals surface area contributed by atoms with E-state index in [0.717, 1.165) is 25.7 Å². The molecule has 0 aliphatic heterocycles. The van der Waals surface area contributed by atoms with Crippen LogP contribution < -0.4 is 0 Å². The van der Waals surface area contributed by atoms with Gasteiger partial charge in [-0.2, -0.15) is 0 Å². The highest BCUT2D eigenvalue weighted by Crippen LogP contribution is 2.17. The standard InChI is InChI=1S/C21H38O4/c1-3-5-6-7-8-9-10-11-12-13-14-15-16-19(21(23)24)17-18-20(22)25-4-2/h11-12,19H,3-10,13-18H2,1-2H3,(H,23,24). The number of carbonyl (C=O) groups is 2. The molecule has 0 aromatic carbocycles. The van der Waals surface area contributed by atoms with E-state index in [1.54, 1.807) is 6.92 Å². The van der Waals surface area contributed by atoms with Crippen molar-refractivity contribution in [3.05, 3.63) is 12.2 Å². The zero-order chi connectivity index (χ0) is 18.8. The van der Waals surface area contributed by atoms with Crippen molar-refractivity contribution >= 4 is 11.9 Å². The second-order valence-corrected chi connectivity index (χ2v) is 6.69. The lowest BCUT2D eigenvalue weighted by atomic mass is 9.96. The molecule has 1 N–H and O–H groups in total. The molecule has 0 aromatic rings. The van der Waals surface area contributed by atoms with Crippen LogP contribution in [-0.4, -0.2) is 23.7 Å². The number of esters is 1. The number of hydrogen-bond donors (Lipinski definition) is 1. The van der Waals surface area contributed by atoms with Gasteiger partial charge in [-0.1, -0.05) is 57.6 Å². The Morgan fingerprint density at radius 3 is 2.08 bits per heavy atom. The van der Waals surface area contributed by atoms with Gasteiger partial charge in [0.05, 0.1) is 12.5 Å². The van der Waals surface area contributed by atoms with Gasteiger partial charge in [0.25, 0.3) is 0 Å². The number of carboxylic acids is 1. The highest BCUT2D eigenvalue weighted by atomic mass is 16.5. The topological polar surface area (TPSA) is 63.6 Å². The van der Waals surface area contributed by atoms with E-state index in [9.17, 15) is 14.7 Å². The lowest BCUT2D eigenvalue weighted by Crippen LogP contribution is -2.16. The molecule has 0 aliphatic carbocycles. The second kappa shape index (κ2) is 17.5. The van der Waals surface area contributed by atoms with Gasteiger partial charge in [-0.3, -0.25) is 9.59 Å². The molecule has 0 spiro atoms. The number of carboxylic acid groups (broad SMARTS) is 1. The third kappa shape index (κ3) is 15.9. The maximum Gasteiger partial charge on any atom is 0.306 e. The lowest BCUT2D eigenvalue weighted by molar-refractivity contribution is -0.145. The van der Waals surface area contributed by atoms with Gasteiger partial charge in [0.2, 0.25) is 0 Å². The lowest BCUT2D eigenvalue weighted by Gasteiger charge is -2.11. The molecule has 0 saturated carbocycles. The van der Waals surface area contributed by atoms with Gasteiger partial charge in [-0.25, -0.2) is 0 Å². The Morgan fingerprint density at radius 1 is 0.880 bits per heavy atom. The molecule has 0 rings (SSSR count). The minimum absolute atomic E-state index is 0.197. The Bertz CT molecular complexity index is 363. The zero-order valence-electron chi connectivity index (χ0n) is 16.3. The smallest absolute Gasteiger partial charge is 0.306 e. The number of unbranched alkanes of at least 4 members (excludes halogenated alkanes) is 8. The third-order valence-corrected chi connectivity index (χ3v) is 4.42. The Balaban J connectivity index is 3.63. The summed E-state index contributed by atoms with van der Waals surface area (Å²) in [6.45, 7) is 4.34. The second-order valence-electron chi connectivity index (χ2n) is 6.69. The summed E-state index contributed by atoms with van der Waals surface area (Å²) < 4.78 is 4.85. The molecule has 4 nitrogen and oxygen atoms in total. The van der Waals surface area contributed by atoms with Crippen LogP contribution >= 0.6 is 0 Å². The summed E-state index contributed by atoms with van der Waals surface area (Å²) in [4.78, 5) is 22.6. The van der Waals surface area contributed by atoms with E-state index in [1.165, 1.54) is 38.5 Å². The largest absolute Gasteiger partial charge is 0.481 e. The number of allylic oxidation sites excluding steroid dienone is 2. The van der Waals surface area contributed by atoms with Crippen LogP contribution in [-0.2, 0) is 14.3 Å². The number of carbonyl (C=O) groups excluding carboxylic acids is 1. The molecular weight excluding hydrogens is 316 g/mol.